The van der Waals surface area contributed by atoms with Gasteiger partial charge in [-0.15, -0.1) is 10.2 Å². The van der Waals surface area contributed by atoms with Crippen molar-refractivity contribution in [3.63, 3.8) is 0 Å². The van der Waals surface area contributed by atoms with Gasteiger partial charge >= 0.3 is 0 Å². The summed E-state index contributed by atoms with van der Waals surface area (Å²) in [6.07, 6.45) is 3.35. The molecule has 1 N–H and O–H groups in total. The fourth-order valence-corrected chi connectivity index (χ4v) is 2.98. The molecule has 122 valence electrons. The van der Waals surface area contributed by atoms with Gasteiger partial charge < -0.3 is 5.32 Å². The number of amides is 1. The molecule has 0 aliphatic rings. The van der Waals surface area contributed by atoms with Crippen molar-refractivity contribution >= 4 is 44.1 Å². The molecule has 1 amide bonds. The van der Waals surface area contributed by atoms with E-state index in [1.54, 1.807) is 12.1 Å². The van der Waals surface area contributed by atoms with Crippen molar-refractivity contribution in [2.75, 3.05) is 5.32 Å². The van der Waals surface area contributed by atoms with Gasteiger partial charge in [0.1, 0.15) is 5.01 Å². The van der Waals surface area contributed by atoms with Crippen molar-refractivity contribution in [2.24, 2.45) is 0 Å². The zero-order chi connectivity index (χ0) is 16.7. The number of Topliss-reactive ketones (excluding diaryl/α,β-unsaturated/α-hetero) is 1. The lowest BCUT2D eigenvalue weighted by Crippen LogP contribution is -2.13. The van der Waals surface area contributed by atoms with Crippen molar-refractivity contribution < 1.29 is 9.59 Å². The van der Waals surface area contributed by atoms with Gasteiger partial charge in [0.05, 0.1) is 0 Å². The first-order valence-corrected chi connectivity index (χ1v) is 9.10. The molecule has 1 heterocycles. The largest absolute Gasteiger partial charge is 0.301 e. The maximum atomic E-state index is 12.0. The molecule has 2 rings (SSSR count). The number of anilines is 1. The number of nitrogens with one attached hydrogen (secondary N) is 1. The van der Waals surface area contributed by atoms with Gasteiger partial charge in [-0.05, 0) is 18.6 Å². The summed E-state index contributed by atoms with van der Waals surface area (Å²) in [7, 11) is 0. The second-order valence-corrected chi connectivity index (χ2v) is 7.06. The molecule has 0 aliphatic heterocycles. The molecule has 23 heavy (non-hydrogen) atoms. The lowest BCUT2D eigenvalue weighted by molar-refractivity contribution is -0.116. The number of halogens is 1. The van der Waals surface area contributed by atoms with Crippen LogP contribution < -0.4 is 5.32 Å². The van der Waals surface area contributed by atoms with Gasteiger partial charge in [0.2, 0.25) is 11.0 Å². The normalized spacial score (nSPS) is 10.5. The van der Waals surface area contributed by atoms with E-state index in [1.807, 2.05) is 12.1 Å². The predicted octanol–water partition coefficient (Wildman–Crippen LogP) is 4.24. The molecule has 1 aromatic heterocycles. The minimum absolute atomic E-state index is 0.0476. The zero-order valence-corrected chi connectivity index (χ0v) is 15.2. The number of hydrogen-bond donors (Lipinski definition) is 1. The first kappa shape index (κ1) is 17.7. The van der Waals surface area contributed by atoms with Crippen LogP contribution in [0, 0.1) is 0 Å². The van der Waals surface area contributed by atoms with Crippen molar-refractivity contribution in [1.82, 2.24) is 10.2 Å². The van der Waals surface area contributed by atoms with Crippen molar-refractivity contribution in [2.45, 2.75) is 39.0 Å². The molecule has 0 bridgehead atoms. The summed E-state index contributed by atoms with van der Waals surface area (Å²) in [5.41, 5.74) is 0.610. The van der Waals surface area contributed by atoms with Gasteiger partial charge in [-0.25, -0.2) is 0 Å². The lowest BCUT2D eigenvalue weighted by atomic mass is 10.1. The zero-order valence-electron chi connectivity index (χ0n) is 12.8. The predicted molar refractivity (Wildman–Crippen MR) is 94.9 cm³/mol. The second-order valence-electron chi connectivity index (χ2n) is 5.08. The second kappa shape index (κ2) is 8.88. The van der Waals surface area contributed by atoms with Crippen LogP contribution in [0.5, 0.6) is 0 Å². The van der Waals surface area contributed by atoms with E-state index in [2.05, 4.69) is 38.4 Å². The van der Waals surface area contributed by atoms with E-state index >= 15 is 0 Å². The van der Waals surface area contributed by atoms with E-state index in [0.29, 0.717) is 10.7 Å². The summed E-state index contributed by atoms with van der Waals surface area (Å²) in [6.45, 7) is 2.12. The molecule has 0 spiro atoms. The molecule has 0 saturated carbocycles. The van der Waals surface area contributed by atoms with Crippen molar-refractivity contribution in [1.29, 1.82) is 0 Å². The maximum absolute atomic E-state index is 12.0. The standard InChI is InChI=1S/C16H18BrN3O2S/c1-2-3-4-15-19-20-16(23-15)18-14(22)10-9-13(21)11-5-7-12(17)8-6-11/h5-8H,2-4,9-10H2,1H3,(H,18,20,22). The van der Waals surface area contributed by atoms with E-state index in [4.69, 9.17) is 0 Å². The van der Waals surface area contributed by atoms with E-state index < -0.39 is 0 Å². The van der Waals surface area contributed by atoms with Crippen LogP contribution in [-0.2, 0) is 11.2 Å². The number of aryl methyl sites for hydroxylation is 1. The third-order valence-corrected chi connectivity index (χ3v) is 4.63. The first-order valence-electron chi connectivity index (χ1n) is 7.49. The fourth-order valence-electron chi connectivity index (χ4n) is 1.92. The molecule has 5 nitrogen and oxygen atoms in total. The van der Waals surface area contributed by atoms with Crippen LogP contribution in [0.4, 0.5) is 5.13 Å². The molecule has 2 aromatic rings. The summed E-state index contributed by atoms with van der Waals surface area (Å²) >= 11 is 4.71. The summed E-state index contributed by atoms with van der Waals surface area (Å²) < 4.78 is 0.918. The average Bonchev–Trinajstić information content (AvgIpc) is 2.98. The van der Waals surface area contributed by atoms with E-state index in [1.165, 1.54) is 11.3 Å². The molecular formula is C16H18BrN3O2S. The van der Waals surface area contributed by atoms with Gasteiger partial charge in [0.25, 0.3) is 0 Å². The Morgan fingerprint density at radius 3 is 2.61 bits per heavy atom. The number of carbonyl (C=O) groups excluding carboxylic acids is 2. The highest BCUT2D eigenvalue weighted by Crippen LogP contribution is 2.18. The number of rotatable bonds is 8. The highest BCUT2D eigenvalue weighted by Gasteiger charge is 2.11. The van der Waals surface area contributed by atoms with Crippen LogP contribution in [-0.4, -0.2) is 21.9 Å². The van der Waals surface area contributed by atoms with Crippen LogP contribution >= 0.6 is 27.3 Å². The molecule has 7 heteroatoms. The van der Waals surface area contributed by atoms with Crippen molar-refractivity contribution in [3.05, 3.63) is 39.3 Å². The SMILES string of the molecule is CCCCc1nnc(NC(=O)CCC(=O)c2ccc(Br)cc2)s1. The summed E-state index contributed by atoms with van der Waals surface area (Å²) in [5.74, 6) is -0.262. The van der Waals surface area contributed by atoms with Crippen LogP contribution in [0.2, 0.25) is 0 Å². The Morgan fingerprint density at radius 1 is 1.17 bits per heavy atom. The molecule has 0 atom stereocenters. The van der Waals surface area contributed by atoms with Crippen LogP contribution in [0.1, 0.15) is 48.0 Å². The minimum atomic E-state index is -0.214. The Kier molecular flexibility index (Phi) is 6.85. The van der Waals surface area contributed by atoms with Crippen LogP contribution in [0.25, 0.3) is 0 Å². The number of benzene rings is 1. The summed E-state index contributed by atoms with van der Waals surface area (Å²) in [6, 6.07) is 7.11. The third kappa shape index (κ3) is 5.84. The number of ketones is 1. The Bertz CT molecular complexity index is 670. The van der Waals surface area contributed by atoms with Gasteiger partial charge in [-0.2, -0.15) is 0 Å². The van der Waals surface area contributed by atoms with E-state index in [-0.39, 0.29) is 24.5 Å². The molecule has 0 fully saturated rings. The monoisotopic (exact) mass is 395 g/mol. The summed E-state index contributed by atoms with van der Waals surface area (Å²) in [4.78, 5) is 23.9. The van der Waals surface area contributed by atoms with Crippen molar-refractivity contribution in [3.8, 4) is 0 Å². The maximum Gasteiger partial charge on any atom is 0.226 e. The molecule has 0 unspecified atom stereocenters. The van der Waals surface area contributed by atoms with Crippen LogP contribution in [0.3, 0.4) is 0 Å². The van der Waals surface area contributed by atoms with E-state index in [0.717, 1.165) is 28.7 Å². The fraction of sp³-hybridized carbons (Fsp3) is 0.375. The average molecular weight is 396 g/mol. The van der Waals surface area contributed by atoms with Gasteiger partial charge in [-0.1, -0.05) is 52.7 Å². The summed E-state index contributed by atoms with van der Waals surface area (Å²) in [5, 5.41) is 12.1. The third-order valence-electron chi connectivity index (χ3n) is 3.20. The Hall–Kier alpha value is -1.60. The number of nitrogens with zero attached hydrogens (tertiary/aromatic N) is 2. The topological polar surface area (TPSA) is 72.0 Å². The molecule has 0 aliphatic carbocycles. The van der Waals surface area contributed by atoms with Gasteiger partial charge in [0, 0.05) is 29.3 Å². The number of unbranched alkanes of at least 4 members (excludes halogenated alkanes) is 1. The number of carbonyl (C=O) groups is 2. The number of aromatic nitrogens is 2. The molecule has 0 saturated heterocycles. The lowest BCUT2D eigenvalue weighted by Gasteiger charge is -2.02. The first-order chi connectivity index (χ1) is 11.1. The highest BCUT2D eigenvalue weighted by atomic mass is 79.9. The smallest absolute Gasteiger partial charge is 0.226 e. The Labute approximate surface area is 147 Å². The molecular weight excluding hydrogens is 378 g/mol. The minimum Gasteiger partial charge on any atom is -0.301 e. The Morgan fingerprint density at radius 2 is 1.91 bits per heavy atom. The Balaban J connectivity index is 1.79. The molecule has 0 radical (unpaired) electrons. The van der Waals surface area contributed by atoms with E-state index in [9.17, 15) is 9.59 Å². The highest BCUT2D eigenvalue weighted by molar-refractivity contribution is 9.10. The van der Waals surface area contributed by atoms with Crippen LogP contribution in [0.15, 0.2) is 28.7 Å². The molecule has 1 aromatic carbocycles. The van der Waals surface area contributed by atoms with Gasteiger partial charge in [0.15, 0.2) is 5.78 Å². The van der Waals surface area contributed by atoms with Gasteiger partial charge in [-0.3, -0.25) is 9.59 Å². The number of hydrogen-bond acceptors (Lipinski definition) is 5. The quantitative estimate of drug-likeness (QED) is 0.678.